The molecule has 0 spiro atoms. The minimum absolute atomic E-state index is 0.0845. The first-order chi connectivity index (χ1) is 17.8. The van der Waals surface area contributed by atoms with Gasteiger partial charge in [0.15, 0.2) is 0 Å². The van der Waals surface area contributed by atoms with Gasteiger partial charge in [0.2, 0.25) is 0 Å². The molecule has 3 atom stereocenters. The quantitative estimate of drug-likeness (QED) is 0.341. The summed E-state index contributed by atoms with van der Waals surface area (Å²) < 4.78 is 110. The molecule has 1 aliphatic rings. The first kappa shape index (κ1) is 30.8. The summed E-state index contributed by atoms with van der Waals surface area (Å²) >= 11 is 0. The maximum absolute atomic E-state index is 15.2. The SMILES string of the molecule is CC(C)(C)CC[C@H](c1ccc(C(F)(F)F)cc1)N1CCC(F)(F)[C@H](CC(=O)O)[C@H]1c1ccc(C(F)(F)F)cc1. The molecule has 11 heteroatoms. The molecule has 3 nitrogen and oxygen atoms in total. The molecule has 0 aliphatic carbocycles. The van der Waals surface area contributed by atoms with Crippen molar-refractivity contribution in [1.29, 1.82) is 0 Å². The van der Waals surface area contributed by atoms with Crippen LogP contribution in [0.4, 0.5) is 35.1 Å². The van der Waals surface area contributed by atoms with Crippen LogP contribution in [0, 0.1) is 11.3 Å². The lowest BCUT2D eigenvalue weighted by atomic mass is 9.77. The summed E-state index contributed by atoms with van der Waals surface area (Å²) in [6.45, 7) is 5.61. The number of piperidine rings is 1. The number of halogens is 8. The Morgan fingerprint density at radius 1 is 0.923 bits per heavy atom. The summed E-state index contributed by atoms with van der Waals surface area (Å²) in [6, 6.07) is 6.05. The first-order valence-electron chi connectivity index (χ1n) is 12.5. The van der Waals surface area contributed by atoms with Gasteiger partial charge in [-0.25, -0.2) is 8.78 Å². The lowest BCUT2D eigenvalue weighted by molar-refractivity contribution is -0.163. The van der Waals surface area contributed by atoms with E-state index in [0.29, 0.717) is 18.4 Å². The predicted molar refractivity (Wildman–Crippen MR) is 129 cm³/mol. The van der Waals surface area contributed by atoms with Crippen molar-refractivity contribution in [2.75, 3.05) is 6.54 Å². The highest BCUT2D eigenvalue weighted by Crippen LogP contribution is 2.51. The van der Waals surface area contributed by atoms with Gasteiger partial charge >= 0.3 is 18.3 Å². The molecule has 2 aromatic rings. The average molecular weight is 566 g/mol. The number of likely N-dealkylation sites (tertiary alicyclic amines) is 1. The summed E-state index contributed by atoms with van der Waals surface area (Å²) in [6.07, 6.45) is -9.98. The van der Waals surface area contributed by atoms with Crippen molar-refractivity contribution in [1.82, 2.24) is 4.90 Å². The number of hydrogen-bond donors (Lipinski definition) is 1. The minimum Gasteiger partial charge on any atom is -0.481 e. The van der Waals surface area contributed by atoms with Crippen LogP contribution in [0.15, 0.2) is 48.5 Å². The largest absolute Gasteiger partial charge is 0.481 e. The van der Waals surface area contributed by atoms with Gasteiger partial charge in [-0.1, -0.05) is 45.0 Å². The molecule has 3 rings (SSSR count). The Balaban J connectivity index is 2.15. The Morgan fingerprint density at radius 3 is 1.85 bits per heavy atom. The number of carbonyl (C=O) groups is 1. The van der Waals surface area contributed by atoms with Crippen molar-refractivity contribution in [2.24, 2.45) is 11.3 Å². The van der Waals surface area contributed by atoms with Gasteiger partial charge in [-0.15, -0.1) is 0 Å². The van der Waals surface area contributed by atoms with Crippen molar-refractivity contribution in [3.63, 3.8) is 0 Å². The zero-order valence-electron chi connectivity index (χ0n) is 21.7. The van der Waals surface area contributed by atoms with E-state index in [1.54, 1.807) is 4.90 Å². The van der Waals surface area contributed by atoms with Crippen molar-refractivity contribution >= 4 is 5.97 Å². The molecule has 39 heavy (non-hydrogen) atoms. The van der Waals surface area contributed by atoms with Gasteiger partial charge in [0.05, 0.1) is 23.5 Å². The fourth-order valence-corrected chi connectivity index (χ4v) is 5.14. The van der Waals surface area contributed by atoms with Crippen molar-refractivity contribution in [2.45, 2.75) is 76.8 Å². The lowest BCUT2D eigenvalue weighted by Crippen LogP contribution is -2.51. The van der Waals surface area contributed by atoms with E-state index in [9.17, 15) is 36.2 Å². The van der Waals surface area contributed by atoms with Crippen LogP contribution in [0.5, 0.6) is 0 Å². The Kier molecular flexibility index (Phi) is 8.75. The Bertz CT molecular complexity index is 1120. The maximum atomic E-state index is 15.2. The molecular weight excluding hydrogens is 534 g/mol. The molecule has 2 aromatic carbocycles. The van der Waals surface area contributed by atoms with Crippen LogP contribution < -0.4 is 0 Å². The Morgan fingerprint density at radius 2 is 1.41 bits per heavy atom. The second-order valence-corrected chi connectivity index (χ2v) is 11.3. The number of carboxylic acid groups (broad SMARTS) is 1. The highest BCUT2D eigenvalue weighted by Gasteiger charge is 2.52. The predicted octanol–water partition coefficient (Wildman–Crippen LogP) is 8.76. The van der Waals surface area contributed by atoms with E-state index in [1.807, 2.05) is 20.8 Å². The zero-order chi connectivity index (χ0) is 29.4. The van der Waals surface area contributed by atoms with E-state index >= 15 is 8.78 Å². The van der Waals surface area contributed by atoms with Gasteiger partial charge in [-0.3, -0.25) is 9.69 Å². The molecule has 0 unspecified atom stereocenters. The molecule has 1 heterocycles. The van der Waals surface area contributed by atoms with Gasteiger partial charge in [0.1, 0.15) is 0 Å². The van der Waals surface area contributed by atoms with Crippen LogP contribution in [0.3, 0.4) is 0 Å². The standard InChI is InChI=1S/C28H31F8NO2/c1-25(2,3)13-12-22(17-4-8-19(9-5-17)27(31,32)33)37-15-14-26(29,30)21(16-23(38)39)24(37)18-6-10-20(11-7-18)28(34,35)36/h4-11,21-22,24H,12-16H2,1-3H3,(H,38,39)/t21-,22-,24-/m1/s1. The first-order valence-corrected chi connectivity index (χ1v) is 12.5. The van der Waals surface area contributed by atoms with Gasteiger partial charge in [0, 0.05) is 25.0 Å². The molecule has 1 saturated heterocycles. The second kappa shape index (κ2) is 11.1. The number of benzene rings is 2. The zero-order valence-corrected chi connectivity index (χ0v) is 21.7. The fourth-order valence-electron chi connectivity index (χ4n) is 5.14. The second-order valence-electron chi connectivity index (χ2n) is 11.3. The molecule has 216 valence electrons. The number of nitrogens with zero attached hydrogens (tertiary/aromatic N) is 1. The summed E-state index contributed by atoms with van der Waals surface area (Å²) in [4.78, 5) is 13.3. The Labute approximate surface area is 221 Å². The Hall–Kier alpha value is -2.69. The number of aliphatic carboxylic acids is 1. The van der Waals surface area contributed by atoms with E-state index in [2.05, 4.69) is 0 Å². The van der Waals surface area contributed by atoms with Crippen LogP contribution >= 0.6 is 0 Å². The number of hydrogen-bond acceptors (Lipinski definition) is 2. The molecule has 0 aromatic heterocycles. The van der Waals surface area contributed by atoms with Crippen molar-refractivity contribution in [3.8, 4) is 0 Å². The van der Waals surface area contributed by atoms with E-state index in [4.69, 9.17) is 0 Å². The monoisotopic (exact) mass is 565 g/mol. The summed E-state index contributed by atoms with van der Waals surface area (Å²) in [5.41, 5.74) is -1.59. The molecule has 0 saturated carbocycles. The third-order valence-corrected chi connectivity index (χ3v) is 7.15. The summed E-state index contributed by atoms with van der Waals surface area (Å²) in [5, 5.41) is 9.46. The van der Waals surface area contributed by atoms with E-state index < -0.39 is 66.2 Å². The summed E-state index contributed by atoms with van der Waals surface area (Å²) in [7, 11) is 0. The highest BCUT2D eigenvalue weighted by atomic mass is 19.4. The fraction of sp³-hybridized carbons (Fsp3) is 0.536. The molecular formula is C28H31F8NO2. The number of carboxylic acids is 1. The van der Waals surface area contributed by atoms with Gasteiger partial charge < -0.3 is 5.11 Å². The molecule has 0 amide bonds. The molecule has 1 aliphatic heterocycles. The van der Waals surface area contributed by atoms with Gasteiger partial charge in [-0.2, -0.15) is 26.3 Å². The van der Waals surface area contributed by atoms with Gasteiger partial charge in [0.25, 0.3) is 5.92 Å². The molecule has 1 fully saturated rings. The van der Waals surface area contributed by atoms with Crippen LogP contribution in [0.1, 0.15) is 80.8 Å². The van der Waals surface area contributed by atoms with Gasteiger partial charge in [-0.05, 0) is 53.6 Å². The van der Waals surface area contributed by atoms with Crippen molar-refractivity contribution < 1.29 is 45.0 Å². The lowest BCUT2D eigenvalue weighted by Gasteiger charge is -2.49. The van der Waals surface area contributed by atoms with Crippen molar-refractivity contribution in [3.05, 3.63) is 70.8 Å². The third-order valence-electron chi connectivity index (χ3n) is 7.15. The van der Waals surface area contributed by atoms with E-state index in [1.165, 1.54) is 12.1 Å². The highest BCUT2D eigenvalue weighted by molar-refractivity contribution is 5.67. The topological polar surface area (TPSA) is 40.5 Å². The molecule has 0 radical (unpaired) electrons. The average Bonchev–Trinajstić information content (AvgIpc) is 2.79. The molecule has 1 N–H and O–H groups in total. The number of alkyl halides is 8. The smallest absolute Gasteiger partial charge is 0.416 e. The molecule has 0 bridgehead atoms. The maximum Gasteiger partial charge on any atom is 0.416 e. The third kappa shape index (κ3) is 7.70. The minimum atomic E-state index is -4.66. The van der Waals surface area contributed by atoms with E-state index in [0.717, 1.165) is 36.4 Å². The van der Waals surface area contributed by atoms with Crippen LogP contribution in [0.2, 0.25) is 0 Å². The normalized spacial score (nSPS) is 21.5. The van der Waals surface area contributed by atoms with Crippen LogP contribution in [-0.2, 0) is 17.1 Å². The summed E-state index contributed by atoms with van der Waals surface area (Å²) in [5.74, 6) is -6.69. The van der Waals surface area contributed by atoms with Crippen LogP contribution in [-0.4, -0.2) is 28.4 Å². The van der Waals surface area contributed by atoms with Crippen LogP contribution in [0.25, 0.3) is 0 Å². The van der Waals surface area contributed by atoms with E-state index in [-0.39, 0.29) is 17.5 Å². The number of rotatable bonds is 7.